The number of amides is 2. The SMILES string of the molecule is O=C(NCCCN1CCOCC1)C1CCc2sc(C(=O)N3CCCCCC3)cc2C1. The van der Waals surface area contributed by atoms with Crippen molar-refractivity contribution in [3.63, 3.8) is 0 Å². The lowest BCUT2D eigenvalue weighted by Gasteiger charge is -2.26. The molecule has 30 heavy (non-hydrogen) atoms. The molecule has 0 aromatic carbocycles. The van der Waals surface area contributed by atoms with Crippen molar-refractivity contribution in [2.24, 2.45) is 5.92 Å². The maximum Gasteiger partial charge on any atom is 0.263 e. The van der Waals surface area contributed by atoms with Gasteiger partial charge in [0.15, 0.2) is 0 Å². The molecule has 0 radical (unpaired) electrons. The van der Waals surface area contributed by atoms with E-state index in [1.54, 1.807) is 11.3 Å². The van der Waals surface area contributed by atoms with E-state index in [1.807, 2.05) is 4.90 Å². The average Bonchev–Trinajstić information content (AvgIpc) is 3.01. The van der Waals surface area contributed by atoms with Gasteiger partial charge < -0.3 is 15.0 Å². The van der Waals surface area contributed by atoms with Crippen LogP contribution < -0.4 is 5.32 Å². The Morgan fingerprint density at radius 1 is 1.10 bits per heavy atom. The van der Waals surface area contributed by atoms with Crippen molar-refractivity contribution < 1.29 is 14.3 Å². The summed E-state index contributed by atoms with van der Waals surface area (Å²) in [5, 5.41) is 3.14. The molecule has 2 amide bonds. The van der Waals surface area contributed by atoms with Crippen LogP contribution in [0.1, 0.15) is 58.6 Å². The summed E-state index contributed by atoms with van der Waals surface area (Å²) >= 11 is 1.66. The summed E-state index contributed by atoms with van der Waals surface area (Å²) < 4.78 is 5.37. The Labute approximate surface area is 183 Å². The molecule has 1 N–H and O–H groups in total. The minimum atomic E-state index is 0.0385. The number of rotatable bonds is 6. The van der Waals surface area contributed by atoms with Crippen LogP contribution in [0.2, 0.25) is 0 Å². The molecule has 2 saturated heterocycles. The molecule has 166 valence electrons. The monoisotopic (exact) mass is 433 g/mol. The van der Waals surface area contributed by atoms with Gasteiger partial charge in [0.25, 0.3) is 5.91 Å². The third kappa shape index (κ3) is 5.62. The molecular weight excluding hydrogens is 398 g/mol. The number of fused-ring (bicyclic) bond motifs is 1. The number of likely N-dealkylation sites (tertiary alicyclic amines) is 1. The van der Waals surface area contributed by atoms with E-state index in [1.165, 1.54) is 23.3 Å². The van der Waals surface area contributed by atoms with E-state index in [2.05, 4.69) is 16.3 Å². The third-order valence-corrected chi connectivity index (χ3v) is 7.84. The highest BCUT2D eigenvalue weighted by molar-refractivity contribution is 7.14. The van der Waals surface area contributed by atoms with Crippen molar-refractivity contribution in [2.45, 2.75) is 51.4 Å². The zero-order chi connectivity index (χ0) is 20.8. The topological polar surface area (TPSA) is 61.9 Å². The molecule has 1 aromatic rings. The number of hydrogen-bond donors (Lipinski definition) is 1. The van der Waals surface area contributed by atoms with Gasteiger partial charge >= 0.3 is 0 Å². The highest BCUT2D eigenvalue weighted by atomic mass is 32.1. The molecule has 2 fully saturated rings. The van der Waals surface area contributed by atoms with E-state index in [4.69, 9.17) is 4.74 Å². The van der Waals surface area contributed by atoms with Crippen LogP contribution in [0.15, 0.2) is 6.07 Å². The van der Waals surface area contributed by atoms with Crippen molar-refractivity contribution in [3.8, 4) is 0 Å². The normalized spacial score (nSPS) is 22.9. The zero-order valence-corrected chi connectivity index (χ0v) is 18.8. The molecule has 1 aliphatic carbocycles. The highest BCUT2D eigenvalue weighted by Crippen LogP contribution is 2.33. The number of morpholine rings is 1. The second-order valence-electron chi connectivity index (χ2n) is 8.80. The molecule has 0 saturated carbocycles. The Hall–Kier alpha value is -1.44. The summed E-state index contributed by atoms with van der Waals surface area (Å²) in [6, 6.07) is 2.07. The molecule has 7 heteroatoms. The average molecular weight is 434 g/mol. The van der Waals surface area contributed by atoms with E-state index < -0.39 is 0 Å². The van der Waals surface area contributed by atoms with Gasteiger partial charge in [-0.1, -0.05) is 12.8 Å². The van der Waals surface area contributed by atoms with E-state index >= 15 is 0 Å². The van der Waals surface area contributed by atoms with Crippen molar-refractivity contribution in [2.75, 3.05) is 52.5 Å². The first-order valence-electron chi connectivity index (χ1n) is 11.7. The third-order valence-electron chi connectivity index (χ3n) is 6.61. The molecule has 1 atom stereocenters. The van der Waals surface area contributed by atoms with Crippen LogP contribution in [0.25, 0.3) is 0 Å². The van der Waals surface area contributed by atoms with Crippen LogP contribution in [-0.2, 0) is 22.4 Å². The van der Waals surface area contributed by atoms with Gasteiger partial charge in [-0.2, -0.15) is 0 Å². The molecule has 0 bridgehead atoms. The molecule has 3 aliphatic rings. The van der Waals surface area contributed by atoms with Crippen molar-refractivity contribution in [1.29, 1.82) is 0 Å². The Bertz CT molecular complexity index is 721. The molecule has 1 aromatic heterocycles. The summed E-state index contributed by atoms with van der Waals surface area (Å²) in [4.78, 5) is 32.2. The number of hydrogen-bond acceptors (Lipinski definition) is 5. The fourth-order valence-electron chi connectivity index (χ4n) is 4.77. The summed E-state index contributed by atoms with van der Waals surface area (Å²) in [6.07, 6.45) is 8.25. The van der Waals surface area contributed by atoms with E-state index in [9.17, 15) is 9.59 Å². The highest BCUT2D eigenvalue weighted by Gasteiger charge is 2.28. The fourth-order valence-corrected chi connectivity index (χ4v) is 5.94. The molecule has 6 nitrogen and oxygen atoms in total. The van der Waals surface area contributed by atoms with Crippen LogP contribution in [-0.4, -0.2) is 74.1 Å². The molecule has 4 rings (SSSR count). The quantitative estimate of drug-likeness (QED) is 0.701. The number of carbonyl (C=O) groups excluding carboxylic acids is 2. The smallest absolute Gasteiger partial charge is 0.263 e. The van der Waals surface area contributed by atoms with Crippen LogP contribution in [0, 0.1) is 5.92 Å². The van der Waals surface area contributed by atoms with Gasteiger partial charge in [0.05, 0.1) is 18.1 Å². The first kappa shape index (κ1) is 21.8. The molecule has 1 unspecified atom stereocenters. The second kappa shape index (κ2) is 10.7. The molecule has 3 heterocycles. The van der Waals surface area contributed by atoms with Gasteiger partial charge in [-0.05, 0) is 56.7 Å². The predicted octanol–water partition coefficient (Wildman–Crippen LogP) is 2.71. The largest absolute Gasteiger partial charge is 0.379 e. The number of aryl methyl sites for hydroxylation is 1. The summed E-state index contributed by atoms with van der Waals surface area (Å²) in [6.45, 7) is 7.16. The molecule has 0 spiro atoms. The van der Waals surface area contributed by atoms with Gasteiger partial charge in [0, 0.05) is 43.5 Å². The van der Waals surface area contributed by atoms with Gasteiger partial charge in [-0.25, -0.2) is 0 Å². The number of nitrogens with zero attached hydrogens (tertiary/aromatic N) is 2. The van der Waals surface area contributed by atoms with Crippen LogP contribution in [0.3, 0.4) is 0 Å². The summed E-state index contributed by atoms with van der Waals surface area (Å²) in [5.41, 5.74) is 1.22. The van der Waals surface area contributed by atoms with Crippen LogP contribution in [0.5, 0.6) is 0 Å². The first-order valence-corrected chi connectivity index (χ1v) is 12.5. The van der Waals surface area contributed by atoms with Crippen molar-refractivity contribution >= 4 is 23.2 Å². The molecule has 2 aliphatic heterocycles. The van der Waals surface area contributed by atoms with Crippen molar-refractivity contribution in [3.05, 3.63) is 21.4 Å². The van der Waals surface area contributed by atoms with Crippen LogP contribution in [0.4, 0.5) is 0 Å². The Morgan fingerprint density at radius 3 is 2.63 bits per heavy atom. The standard InChI is InChI=1S/C23H35N3O3S/c27-22(24-8-5-9-25-12-14-29-15-13-25)18-6-7-20-19(16-18)17-21(30-20)23(28)26-10-3-1-2-4-11-26/h17-18H,1-16H2,(H,24,27). The second-order valence-corrected chi connectivity index (χ2v) is 9.94. The minimum absolute atomic E-state index is 0.0385. The van der Waals surface area contributed by atoms with E-state index in [0.29, 0.717) is 0 Å². The lowest BCUT2D eigenvalue weighted by Crippen LogP contribution is -2.39. The number of ether oxygens (including phenoxy) is 1. The minimum Gasteiger partial charge on any atom is -0.379 e. The predicted molar refractivity (Wildman–Crippen MR) is 119 cm³/mol. The first-order chi connectivity index (χ1) is 14.7. The van der Waals surface area contributed by atoms with Crippen molar-refractivity contribution in [1.82, 2.24) is 15.1 Å². The van der Waals surface area contributed by atoms with Gasteiger partial charge in [0.2, 0.25) is 5.91 Å². The lowest BCUT2D eigenvalue weighted by molar-refractivity contribution is -0.125. The number of nitrogens with one attached hydrogen (secondary N) is 1. The zero-order valence-electron chi connectivity index (χ0n) is 18.0. The lowest BCUT2D eigenvalue weighted by atomic mass is 9.87. The maximum atomic E-state index is 12.9. The fraction of sp³-hybridized carbons (Fsp3) is 0.739. The Balaban J connectivity index is 1.24. The van der Waals surface area contributed by atoms with E-state index in [0.717, 1.165) is 95.9 Å². The van der Waals surface area contributed by atoms with Gasteiger partial charge in [-0.15, -0.1) is 11.3 Å². The summed E-state index contributed by atoms with van der Waals surface area (Å²) in [5.74, 6) is 0.409. The Morgan fingerprint density at radius 2 is 1.87 bits per heavy atom. The maximum absolute atomic E-state index is 12.9. The number of thiophene rings is 1. The number of carbonyl (C=O) groups is 2. The van der Waals surface area contributed by atoms with E-state index in [-0.39, 0.29) is 17.7 Å². The van der Waals surface area contributed by atoms with Crippen LogP contribution >= 0.6 is 11.3 Å². The summed E-state index contributed by atoms with van der Waals surface area (Å²) in [7, 11) is 0. The molecular formula is C23H35N3O3S. The van der Waals surface area contributed by atoms with Gasteiger partial charge in [-0.3, -0.25) is 14.5 Å². The Kier molecular flexibility index (Phi) is 7.79. The van der Waals surface area contributed by atoms with Gasteiger partial charge in [0.1, 0.15) is 0 Å².